The molecule has 2 aliphatic heterocycles. The fraction of sp³-hybridized carbons (Fsp3) is 0.292. The Morgan fingerprint density at radius 2 is 1.87 bits per heavy atom. The molecule has 1 aromatic heterocycles. The van der Waals surface area contributed by atoms with Crippen molar-refractivity contribution in [2.45, 2.75) is 31.4 Å². The molecule has 158 valence electrons. The van der Waals surface area contributed by atoms with Crippen LogP contribution in [0.1, 0.15) is 34.5 Å². The molecule has 6 nitrogen and oxygen atoms in total. The molecule has 3 heterocycles. The molecule has 0 aliphatic carbocycles. The van der Waals surface area contributed by atoms with Crippen molar-refractivity contribution in [3.8, 4) is 0 Å². The number of carbonyl (C=O) groups is 2. The topological polar surface area (TPSA) is 71.0 Å². The van der Waals surface area contributed by atoms with Crippen molar-refractivity contribution >= 4 is 39.6 Å². The number of piperidine rings is 1. The van der Waals surface area contributed by atoms with E-state index in [9.17, 15) is 9.59 Å². The maximum Gasteiger partial charge on any atom is 0.269 e. The fourth-order valence-electron chi connectivity index (χ4n) is 4.29. The van der Waals surface area contributed by atoms with Crippen LogP contribution in [0, 0.1) is 0 Å². The van der Waals surface area contributed by atoms with Gasteiger partial charge in [0.2, 0.25) is 0 Å². The van der Waals surface area contributed by atoms with E-state index in [1.54, 1.807) is 11.3 Å². The van der Waals surface area contributed by atoms with Crippen LogP contribution in [0.4, 0.5) is 0 Å². The number of thiophene rings is 1. The maximum absolute atomic E-state index is 13.2. The van der Waals surface area contributed by atoms with Gasteiger partial charge in [-0.15, -0.1) is 11.3 Å². The number of carbonyl (C=O) groups excluding carboxylic acids is 2. The van der Waals surface area contributed by atoms with E-state index in [1.165, 1.54) is 0 Å². The van der Waals surface area contributed by atoms with E-state index in [0.29, 0.717) is 44.6 Å². The Hall–Kier alpha value is -3.19. The molecule has 3 aromatic rings. The lowest BCUT2D eigenvalue weighted by molar-refractivity contribution is -0.115. The van der Waals surface area contributed by atoms with Gasteiger partial charge in [0.1, 0.15) is 11.3 Å². The van der Waals surface area contributed by atoms with Gasteiger partial charge in [-0.1, -0.05) is 47.6 Å². The van der Waals surface area contributed by atoms with Gasteiger partial charge in [0.25, 0.3) is 11.8 Å². The van der Waals surface area contributed by atoms with Gasteiger partial charge in [-0.3, -0.25) is 9.59 Å². The van der Waals surface area contributed by atoms with E-state index in [4.69, 9.17) is 4.84 Å². The second-order valence-electron chi connectivity index (χ2n) is 8.07. The van der Waals surface area contributed by atoms with Gasteiger partial charge < -0.3 is 15.1 Å². The second kappa shape index (κ2) is 8.15. The van der Waals surface area contributed by atoms with Gasteiger partial charge in [-0.25, -0.2) is 0 Å². The Morgan fingerprint density at radius 3 is 2.68 bits per heavy atom. The number of fused-ring (bicyclic) bond motifs is 1. The van der Waals surface area contributed by atoms with Gasteiger partial charge in [-0.05, 0) is 28.3 Å². The minimum Gasteiger partial charge on any atom is -0.388 e. The first-order chi connectivity index (χ1) is 15.1. The number of hydrogen-bond donors (Lipinski definition) is 1. The molecule has 5 rings (SSSR count). The SMILES string of the molecule is O=C(NCc1cccs1)C1=NOC2(CCN(C(=O)c3cccc4ccccc34)CC2)C1. The molecule has 1 fully saturated rings. The van der Waals surface area contributed by atoms with Crippen LogP contribution in [0.25, 0.3) is 10.8 Å². The number of nitrogens with zero attached hydrogens (tertiary/aromatic N) is 2. The summed E-state index contributed by atoms with van der Waals surface area (Å²) >= 11 is 1.61. The van der Waals surface area contributed by atoms with Crippen LogP contribution in [0.5, 0.6) is 0 Å². The highest BCUT2D eigenvalue weighted by atomic mass is 32.1. The highest BCUT2D eigenvalue weighted by Gasteiger charge is 2.44. The molecule has 0 unspecified atom stereocenters. The smallest absolute Gasteiger partial charge is 0.269 e. The highest BCUT2D eigenvalue weighted by Crippen LogP contribution is 2.35. The summed E-state index contributed by atoms with van der Waals surface area (Å²) in [5.74, 6) is -0.140. The summed E-state index contributed by atoms with van der Waals surface area (Å²) in [6, 6.07) is 17.7. The minimum atomic E-state index is -0.481. The number of hydrogen-bond acceptors (Lipinski definition) is 5. The molecular formula is C24H23N3O3S. The lowest BCUT2D eigenvalue weighted by Crippen LogP contribution is -2.47. The molecule has 1 saturated heterocycles. The highest BCUT2D eigenvalue weighted by molar-refractivity contribution is 7.09. The molecule has 2 aliphatic rings. The number of amides is 2. The van der Waals surface area contributed by atoms with E-state index >= 15 is 0 Å². The summed E-state index contributed by atoms with van der Waals surface area (Å²) in [6.45, 7) is 1.67. The van der Waals surface area contributed by atoms with E-state index in [0.717, 1.165) is 21.2 Å². The lowest BCUT2D eigenvalue weighted by atomic mass is 9.86. The molecule has 2 amide bonds. The van der Waals surface area contributed by atoms with Crippen molar-refractivity contribution in [2.24, 2.45) is 5.16 Å². The predicted molar refractivity (Wildman–Crippen MR) is 121 cm³/mol. The summed E-state index contributed by atoms with van der Waals surface area (Å²) in [4.78, 5) is 34.4. The Morgan fingerprint density at radius 1 is 1.06 bits per heavy atom. The summed E-state index contributed by atoms with van der Waals surface area (Å²) in [7, 11) is 0. The zero-order chi connectivity index (χ0) is 21.3. The lowest BCUT2D eigenvalue weighted by Gasteiger charge is -2.37. The van der Waals surface area contributed by atoms with Crippen LogP contribution >= 0.6 is 11.3 Å². The molecule has 2 aromatic carbocycles. The van der Waals surface area contributed by atoms with Gasteiger partial charge in [0.15, 0.2) is 0 Å². The van der Waals surface area contributed by atoms with E-state index in [1.807, 2.05) is 64.9 Å². The Bertz CT molecular complexity index is 1140. The number of nitrogens with one attached hydrogen (secondary N) is 1. The van der Waals surface area contributed by atoms with Crippen LogP contribution in [-0.4, -0.2) is 41.1 Å². The van der Waals surface area contributed by atoms with Crippen molar-refractivity contribution in [1.29, 1.82) is 0 Å². The first-order valence-corrected chi connectivity index (χ1v) is 11.3. The Balaban J connectivity index is 1.20. The summed E-state index contributed by atoms with van der Waals surface area (Å²) in [5, 5.41) is 11.0. The van der Waals surface area contributed by atoms with E-state index < -0.39 is 5.60 Å². The molecule has 0 radical (unpaired) electrons. The third-order valence-corrected chi connectivity index (χ3v) is 6.96. The van der Waals surface area contributed by atoms with Crippen molar-refractivity contribution in [1.82, 2.24) is 10.2 Å². The van der Waals surface area contributed by atoms with Crippen LogP contribution < -0.4 is 5.32 Å². The predicted octanol–water partition coefficient (Wildman–Crippen LogP) is 3.97. The summed E-state index contributed by atoms with van der Waals surface area (Å²) < 4.78 is 0. The maximum atomic E-state index is 13.2. The van der Waals surface area contributed by atoms with Gasteiger partial charge in [0, 0.05) is 42.8 Å². The summed E-state index contributed by atoms with van der Waals surface area (Å²) in [5.41, 5.74) is 0.683. The fourth-order valence-corrected chi connectivity index (χ4v) is 4.94. The molecule has 0 saturated carbocycles. The van der Waals surface area contributed by atoms with Crippen molar-refractivity contribution in [3.05, 3.63) is 70.4 Å². The van der Waals surface area contributed by atoms with E-state index in [-0.39, 0.29) is 11.8 Å². The summed E-state index contributed by atoms with van der Waals surface area (Å²) in [6.07, 6.45) is 1.81. The number of oxime groups is 1. The Labute approximate surface area is 184 Å². The van der Waals surface area contributed by atoms with Crippen LogP contribution in [0.15, 0.2) is 65.1 Å². The standard InChI is InChI=1S/C24H23N3O3S/c28-22(25-16-18-7-4-14-31-18)21-15-24(30-26-21)10-12-27(13-11-24)23(29)20-9-3-6-17-5-1-2-8-19(17)20/h1-9,14H,10-13,15-16H2,(H,25,28). The molecule has 1 spiro atoms. The van der Waals surface area contributed by atoms with Gasteiger partial charge in [-0.2, -0.15) is 0 Å². The normalized spacial score (nSPS) is 17.4. The first-order valence-electron chi connectivity index (χ1n) is 10.5. The van der Waals surface area contributed by atoms with E-state index in [2.05, 4.69) is 10.5 Å². The molecule has 7 heteroatoms. The minimum absolute atomic E-state index is 0.0412. The Kier molecular flexibility index (Phi) is 5.19. The van der Waals surface area contributed by atoms with Gasteiger partial charge >= 0.3 is 0 Å². The third kappa shape index (κ3) is 3.93. The average molecular weight is 434 g/mol. The number of likely N-dealkylation sites (tertiary alicyclic amines) is 1. The zero-order valence-corrected chi connectivity index (χ0v) is 17.9. The zero-order valence-electron chi connectivity index (χ0n) is 17.0. The first kappa shape index (κ1) is 19.8. The van der Waals surface area contributed by atoms with Crippen molar-refractivity contribution < 1.29 is 14.4 Å². The van der Waals surface area contributed by atoms with Gasteiger partial charge in [0.05, 0.1) is 6.54 Å². The monoisotopic (exact) mass is 433 g/mol. The molecule has 31 heavy (non-hydrogen) atoms. The number of benzene rings is 2. The van der Waals surface area contributed by atoms with Crippen LogP contribution in [-0.2, 0) is 16.2 Å². The molecule has 1 N–H and O–H groups in total. The quantitative estimate of drug-likeness (QED) is 0.677. The average Bonchev–Trinajstić information content (AvgIpc) is 3.48. The van der Waals surface area contributed by atoms with Crippen LogP contribution in [0.2, 0.25) is 0 Å². The third-order valence-electron chi connectivity index (χ3n) is 6.09. The molecule has 0 atom stereocenters. The van der Waals surface area contributed by atoms with Crippen LogP contribution in [0.3, 0.4) is 0 Å². The van der Waals surface area contributed by atoms with Crippen molar-refractivity contribution in [2.75, 3.05) is 13.1 Å². The second-order valence-corrected chi connectivity index (χ2v) is 9.10. The molecular weight excluding hydrogens is 410 g/mol. The van der Waals surface area contributed by atoms with Crippen molar-refractivity contribution in [3.63, 3.8) is 0 Å². The number of rotatable bonds is 4. The molecule has 0 bridgehead atoms. The largest absolute Gasteiger partial charge is 0.388 e.